The summed E-state index contributed by atoms with van der Waals surface area (Å²) in [7, 11) is 1.94. The molecule has 1 N–H and O–H groups in total. The van der Waals surface area contributed by atoms with E-state index in [1.54, 1.807) is 0 Å². The molecule has 0 spiro atoms. The Morgan fingerprint density at radius 2 is 2.06 bits per heavy atom. The van der Waals surface area contributed by atoms with Gasteiger partial charge in [-0.25, -0.2) is 0 Å². The quantitative estimate of drug-likeness (QED) is 0.857. The first-order valence-corrected chi connectivity index (χ1v) is 6.45. The third kappa shape index (κ3) is 2.89. The average molecular weight is 247 g/mol. The highest BCUT2D eigenvalue weighted by atomic mass is 16.2. The minimum absolute atomic E-state index is 0.201. The van der Waals surface area contributed by atoms with Crippen molar-refractivity contribution in [2.75, 3.05) is 44.7 Å². The van der Waals surface area contributed by atoms with E-state index in [9.17, 15) is 4.79 Å². The number of hydrogen-bond acceptors (Lipinski definition) is 3. The molecule has 18 heavy (non-hydrogen) atoms. The third-order valence-electron chi connectivity index (χ3n) is 3.38. The van der Waals surface area contributed by atoms with E-state index in [1.165, 1.54) is 0 Å². The summed E-state index contributed by atoms with van der Waals surface area (Å²) in [4.78, 5) is 16.3. The van der Waals surface area contributed by atoms with Crippen LogP contribution in [0.15, 0.2) is 24.3 Å². The zero-order chi connectivity index (χ0) is 13.0. The minimum atomic E-state index is 0.201. The first-order chi connectivity index (χ1) is 8.72. The molecule has 0 radical (unpaired) electrons. The fourth-order valence-electron chi connectivity index (χ4n) is 2.30. The lowest BCUT2D eigenvalue weighted by molar-refractivity contribution is -0.121. The molecule has 4 nitrogen and oxygen atoms in total. The molecule has 1 saturated heterocycles. The van der Waals surface area contributed by atoms with E-state index in [0.29, 0.717) is 6.54 Å². The lowest BCUT2D eigenvalue weighted by Gasteiger charge is -2.35. The van der Waals surface area contributed by atoms with Crippen LogP contribution in [-0.2, 0) is 4.79 Å². The molecule has 1 fully saturated rings. The van der Waals surface area contributed by atoms with Gasteiger partial charge in [-0.05, 0) is 25.6 Å². The van der Waals surface area contributed by atoms with Gasteiger partial charge in [-0.15, -0.1) is 0 Å². The SMILES string of the molecule is CNCCN1CCN(c2ccccc2C)C(=O)C1. The van der Waals surface area contributed by atoms with Crippen LogP contribution in [0.4, 0.5) is 5.69 Å². The Labute approximate surface area is 109 Å². The van der Waals surface area contributed by atoms with E-state index >= 15 is 0 Å². The Morgan fingerprint density at radius 3 is 2.72 bits per heavy atom. The van der Waals surface area contributed by atoms with Crippen molar-refractivity contribution in [3.8, 4) is 0 Å². The number of likely N-dealkylation sites (N-methyl/N-ethyl adjacent to an activating group) is 1. The zero-order valence-corrected chi connectivity index (χ0v) is 11.1. The number of anilines is 1. The highest BCUT2D eigenvalue weighted by Crippen LogP contribution is 2.21. The van der Waals surface area contributed by atoms with Crippen LogP contribution in [0.3, 0.4) is 0 Å². The van der Waals surface area contributed by atoms with Gasteiger partial charge in [-0.3, -0.25) is 9.69 Å². The van der Waals surface area contributed by atoms with Crippen molar-refractivity contribution in [1.82, 2.24) is 10.2 Å². The van der Waals surface area contributed by atoms with Crippen LogP contribution in [0.25, 0.3) is 0 Å². The number of nitrogens with zero attached hydrogens (tertiary/aromatic N) is 2. The molecule has 2 rings (SSSR count). The summed E-state index contributed by atoms with van der Waals surface area (Å²) in [5.74, 6) is 0.201. The van der Waals surface area contributed by atoms with Gasteiger partial charge in [-0.2, -0.15) is 0 Å². The molecule has 0 saturated carbocycles. The van der Waals surface area contributed by atoms with E-state index in [0.717, 1.165) is 37.4 Å². The second-order valence-corrected chi connectivity index (χ2v) is 4.71. The number of piperazine rings is 1. The lowest BCUT2D eigenvalue weighted by Crippen LogP contribution is -2.51. The van der Waals surface area contributed by atoms with Crippen LogP contribution in [-0.4, -0.2) is 50.6 Å². The van der Waals surface area contributed by atoms with Crippen LogP contribution in [0.2, 0.25) is 0 Å². The van der Waals surface area contributed by atoms with Crippen molar-refractivity contribution in [2.24, 2.45) is 0 Å². The Balaban J connectivity index is 2.02. The van der Waals surface area contributed by atoms with E-state index in [1.807, 2.05) is 30.1 Å². The molecule has 4 heteroatoms. The summed E-state index contributed by atoms with van der Waals surface area (Å²) in [6.45, 7) is 6.17. The van der Waals surface area contributed by atoms with Crippen molar-refractivity contribution in [2.45, 2.75) is 6.92 Å². The summed E-state index contributed by atoms with van der Waals surface area (Å²) in [6.07, 6.45) is 0. The molecule has 0 atom stereocenters. The zero-order valence-electron chi connectivity index (χ0n) is 11.1. The standard InChI is InChI=1S/C14H21N3O/c1-12-5-3-4-6-13(12)17-10-9-16(8-7-15-2)11-14(17)18/h3-6,15H,7-11H2,1-2H3. The number of carbonyl (C=O) groups is 1. The number of amides is 1. The van der Waals surface area contributed by atoms with E-state index in [-0.39, 0.29) is 5.91 Å². The second-order valence-electron chi connectivity index (χ2n) is 4.71. The maximum absolute atomic E-state index is 12.2. The lowest BCUT2D eigenvalue weighted by atomic mass is 10.1. The first kappa shape index (κ1) is 13.1. The van der Waals surface area contributed by atoms with E-state index in [2.05, 4.69) is 23.2 Å². The number of hydrogen-bond donors (Lipinski definition) is 1. The van der Waals surface area contributed by atoms with Gasteiger partial charge in [0, 0.05) is 31.9 Å². The van der Waals surface area contributed by atoms with Gasteiger partial charge in [0.1, 0.15) is 0 Å². The molecule has 0 bridgehead atoms. The molecule has 1 aliphatic heterocycles. The van der Waals surface area contributed by atoms with Gasteiger partial charge >= 0.3 is 0 Å². The van der Waals surface area contributed by atoms with Crippen LogP contribution in [0, 0.1) is 6.92 Å². The molecule has 0 aliphatic carbocycles. The largest absolute Gasteiger partial charge is 0.318 e. The minimum Gasteiger partial charge on any atom is -0.318 e. The van der Waals surface area contributed by atoms with Crippen molar-refractivity contribution in [3.63, 3.8) is 0 Å². The maximum Gasteiger partial charge on any atom is 0.241 e. The monoisotopic (exact) mass is 247 g/mol. The fourth-order valence-corrected chi connectivity index (χ4v) is 2.30. The van der Waals surface area contributed by atoms with Gasteiger partial charge in [0.2, 0.25) is 5.91 Å². The molecule has 0 unspecified atom stereocenters. The summed E-state index contributed by atoms with van der Waals surface area (Å²) in [5, 5.41) is 3.12. The predicted molar refractivity (Wildman–Crippen MR) is 73.9 cm³/mol. The summed E-state index contributed by atoms with van der Waals surface area (Å²) >= 11 is 0. The number of benzene rings is 1. The van der Waals surface area contributed by atoms with Crippen LogP contribution in [0.1, 0.15) is 5.56 Å². The number of carbonyl (C=O) groups excluding carboxylic acids is 1. The Hall–Kier alpha value is -1.39. The highest BCUT2D eigenvalue weighted by Gasteiger charge is 2.25. The Morgan fingerprint density at radius 1 is 1.28 bits per heavy atom. The third-order valence-corrected chi connectivity index (χ3v) is 3.38. The van der Waals surface area contributed by atoms with Crippen molar-refractivity contribution in [1.29, 1.82) is 0 Å². The van der Waals surface area contributed by atoms with Gasteiger partial charge in [0.05, 0.1) is 6.54 Å². The van der Waals surface area contributed by atoms with Gasteiger partial charge in [0.15, 0.2) is 0 Å². The Bertz CT molecular complexity index is 419. The predicted octanol–water partition coefficient (Wildman–Crippen LogP) is 0.863. The first-order valence-electron chi connectivity index (χ1n) is 6.45. The van der Waals surface area contributed by atoms with Gasteiger partial charge in [-0.1, -0.05) is 18.2 Å². The summed E-state index contributed by atoms with van der Waals surface area (Å²) in [6, 6.07) is 8.07. The molecular weight excluding hydrogens is 226 g/mol. The molecule has 1 aromatic rings. The van der Waals surface area contributed by atoms with Gasteiger partial charge < -0.3 is 10.2 Å². The normalized spacial score (nSPS) is 17.2. The average Bonchev–Trinajstić information content (AvgIpc) is 2.38. The molecule has 1 heterocycles. The van der Waals surface area contributed by atoms with Crippen molar-refractivity contribution >= 4 is 11.6 Å². The number of rotatable bonds is 4. The molecule has 1 aromatic carbocycles. The summed E-state index contributed by atoms with van der Waals surface area (Å²) in [5.41, 5.74) is 2.21. The summed E-state index contributed by atoms with van der Waals surface area (Å²) < 4.78 is 0. The van der Waals surface area contributed by atoms with Crippen LogP contribution >= 0.6 is 0 Å². The second kappa shape index (κ2) is 5.98. The number of aryl methyl sites for hydroxylation is 1. The molecule has 98 valence electrons. The van der Waals surface area contributed by atoms with Crippen LogP contribution in [0.5, 0.6) is 0 Å². The number of nitrogens with one attached hydrogen (secondary N) is 1. The number of para-hydroxylation sites is 1. The van der Waals surface area contributed by atoms with Gasteiger partial charge in [0.25, 0.3) is 0 Å². The highest BCUT2D eigenvalue weighted by molar-refractivity contribution is 5.96. The fraction of sp³-hybridized carbons (Fsp3) is 0.500. The van der Waals surface area contributed by atoms with Crippen molar-refractivity contribution in [3.05, 3.63) is 29.8 Å². The topological polar surface area (TPSA) is 35.6 Å². The molecule has 1 amide bonds. The molecule has 0 aromatic heterocycles. The van der Waals surface area contributed by atoms with Crippen LogP contribution < -0.4 is 10.2 Å². The smallest absolute Gasteiger partial charge is 0.241 e. The van der Waals surface area contributed by atoms with Crippen molar-refractivity contribution < 1.29 is 4.79 Å². The molecular formula is C14H21N3O. The van der Waals surface area contributed by atoms with E-state index in [4.69, 9.17) is 0 Å². The maximum atomic E-state index is 12.2. The van der Waals surface area contributed by atoms with E-state index < -0.39 is 0 Å². The molecule has 1 aliphatic rings. The Kier molecular flexibility index (Phi) is 4.33.